The standard InChI is InChI=1S/C31H34N2O6S/c1-28(2,3)38-27(35)29(18-12-7-13-19-29)31(22-14-8-5-9-15-22,23-16-10-6-11-17-23)39-30(32,36)20-25-33-24(21-40-25)26(34)37-4/h5-18,21,36H,19-20,32H2,1-4H3. The Balaban J connectivity index is 1.94. The lowest BCUT2D eigenvalue weighted by atomic mass is 9.61. The van der Waals surface area contributed by atoms with E-state index in [0.29, 0.717) is 16.1 Å². The summed E-state index contributed by atoms with van der Waals surface area (Å²) < 4.78 is 17.4. The van der Waals surface area contributed by atoms with Crippen molar-refractivity contribution in [2.45, 2.75) is 50.7 Å². The number of hydrogen-bond acceptors (Lipinski definition) is 9. The zero-order chi connectivity index (χ0) is 29.0. The molecule has 2 aromatic carbocycles. The lowest BCUT2D eigenvalue weighted by molar-refractivity contribution is -0.280. The van der Waals surface area contributed by atoms with Gasteiger partial charge >= 0.3 is 11.9 Å². The number of esters is 2. The second kappa shape index (κ2) is 11.5. The van der Waals surface area contributed by atoms with Crippen LogP contribution < -0.4 is 5.73 Å². The van der Waals surface area contributed by atoms with E-state index in [1.807, 2.05) is 72.8 Å². The second-order valence-electron chi connectivity index (χ2n) is 10.6. The number of aliphatic hydroxyl groups is 1. The highest BCUT2D eigenvalue weighted by atomic mass is 32.1. The van der Waals surface area contributed by atoms with Crippen LogP contribution in [-0.2, 0) is 31.0 Å². The van der Waals surface area contributed by atoms with Crippen LogP contribution in [0.4, 0.5) is 0 Å². The van der Waals surface area contributed by atoms with Crippen molar-refractivity contribution in [3.05, 3.63) is 112 Å². The number of hydrogen-bond donors (Lipinski definition) is 2. The maximum atomic E-state index is 14.3. The molecule has 9 heteroatoms. The second-order valence-corrected chi connectivity index (χ2v) is 11.6. The molecular formula is C31H34N2O6S. The average Bonchev–Trinajstić information content (AvgIpc) is 3.39. The van der Waals surface area contributed by atoms with Gasteiger partial charge in [0.25, 0.3) is 0 Å². The fraction of sp³-hybridized carbons (Fsp3) is 0.323. The minimum Gasteiger partial charge on any atom is -0.464 e. The van der Waals surface area contributed by atoms with Gasteiger partial charge < -0.3 is 19.3 Å². The van der Waals surface area contributed by atoms with Gasteiger partial charge in [0.15, 0.2) is 5.69 Å². The largest absolute Gasteiger partial charge is 0.464 e. The fourth-order valence-electron chi connectivity index (χ4n) is 4.89. The number of rotatable bonds is 9. The van der Waals surface area contributed by atoms with Gasteiger partial charge in [-0.3, -0.25) is 10.5 Å². The molecule has 1 aliphatic rings. The summed E-state index contributed by atoms with van der Waals surface area (Å²) in [5, 5.41) is 13.6. The monoisotopic (exact) mass is 562 g/mol. The van der Waals surface area contributed by atoms with Crippen molar-refractivity contribution in [3.63, 3.8) is 0 Å². The summed E-state index contributed by atoms with van der Waals surface area (Å²) in [5.74, 6) is -3.47. The molecule has 2 unspecified atom stereocenters. The van der Waals surface area contributed by atoms with Gasteiger partial charge in [0.2, 0.25) is 5.91 Å². The number of aromatic nitrogens is 1. The first kappa shape index (κ1) is 29.4. The molecule has 1 aromatic heterocycles. The molecule has 40 heavy (non-hydrogen) atoms. The van der Waals surface area contributed by atoms with E-state index in [1.165, 1.54) is 12.5 Å². The van der Waals surface area contributed by atoms with E-state index in [-0.39, 0.29) is 18.5 Å². The summed E-state index contributed by atoms with van der Waals surface area (Å²) in [5.41, 5.74) is 3.87. The zero-order valence-electron chi connectivity index (χ0n) is 23.0. The van der Waals surface area contributed by atoms with E-state index in [9.17, 15) is 14.7 Å². The molecule has 0 saturated heterocycles. The first-order chi connectivity index (χ1) is 18.9. The Morgan fingerprint density at radius 3 is 2.12 bits per heavy atom. The SMILES string of the molecule is COC(=O)c1csc(CC(N)(O)OC(c2ccccc2)(c2ccccc2)C2(C(=O)OC(C)(C)C)C=CC=CC2)n1. The van der Waals surface area contributed by atoms with E-state index >= 15 is 0 Å². The molecular weight excluding hydrogens is 528 g/mol. The quantitative estimate of drug-likeness (QED) is 0.280. The van der Waals surface area contributed by atoms with Crippen molar-refractivity contribution < 1.29 is 28.9 Å². The van der Waals surface area contributed by atoms with Crippen LogP contribution in [-0.4, -0.2) is 40.7 Å². The summed E-state index contributed by atoms with van der Waals surface area (Å²) in [4.78, 5) is 30.5. The zero-order valence-corrected chi connectivity index (χ0v) is 23.8. The molecule has 210 valence electrons. The third-order valence-corrected chi connectivity index (χ3v) is 7.35. The number of nitrogens with zero attached hydrogens (tertiary/aromatic N) is 1. The van der Waals surface area contributed by atoms with E-state index in [4.69, 9.17) is 19.9 Å². The van der Waals surface area contributed by atoms with Gasteiger partial charge in [-0.1, -0.05) is 85.0 Å². The minimum absolute atomic E-state index is 0.0984. The van der Waals surface area contributed by atoms with Gasteiger partial charge in [-0.15, -0.1) is 11.3 Å². The predicted octanol–water partition coefficient (Wildman–Crippen LogP) is 4.88. The Bertz CT molecular complexity index is 1350. The molecule has 0 fully saturated rings. The first-order valence-electron chi connectivity index (χ1n) is 12.9. The normalized spacial score (nSPS) is 18.6. The Labute approximate surface area is 238 Å². The number of nitrogens with two attached hydrogens (primary N) is 1. The molecule has 0 saturated carbocycles. The Morgan fingerprint density at radius 1 is 1.02 bits per heavy atom. The Morgan fingerprint density at radius 2 is 1.62 bits per heavy atom. The summed E-state index contributed by atoms with van der Waals surface area (Å²) in [6.45, 7) is 5.40. The average molecular weight is 563 g/mol. The van der Waals surface area contributed by atoms with E-state index < -0.39 is 34.5 Å². The van der Waals surface area contributed by atoms with Gasteiger partial charge in [0.1, 0.15) is 21.6 Å². The molecule has 0 aliphatic heterocycles. The smallest absolute Gasteiger partial charge is 0.357 e. The van der Waals surface area contributed by atoms with Crippen LogP contribution >= 0.6 is 11.3 Å². The minimum atomic E-state index is -2.33. The molecule has 0 amide bonds. The van der Waals surface area contributed by atoms with Crippen molar-refractivity contribution in [1.29, 1.82) is 0 Å². The highest BCUT2D eigenvalue weighted by molar-refractivity contribution is 7.09. The third kappa shape index (κ3) is 5.93. The van der Waals surface area contributed by atoms with Crippen molar-refractivity contribution >= 4 is 23.3 Å². The summed E-state index contributed by atoms with van der Waals surface area (Å²) in [7, 11) is 1.26. The summed E-state index contributed by atoms with van der Waals surface area (Å²) in [6, 6.07) is 18.4. The number of methoxy groups -OCH3 is 1. The van der Waals surface area contributed by atoms with E-state index in [1.54, 1.807) is 32.9 Å². The van der Waals surface area contributed by atoms with Crippen LogP contribution in [0.5, 0.6) is 0 Å². The van der Waals surface area contributed by atoms with Crippen molar-refractivity contribution in [3.8, 4) is 0 Å². The number of thiazole rings is 1. The third-order valence-electron chi connectivity index (χ3n) is 6.50. The number of ether oxygens (including phenoxy) is 3. The van der Waals surface area contributed by atoms with Crippen molar-refractivity contribution in [2.75, 3.05) is 7.11 Å². The van der Waals surface area contributed by atoms with Gasteiger partial charge in [0, 0.05) is 5.38 Å². The van der Waals surface area contributed by atoms with Crippen LogP contribution in [0.15, 0.2) is 90.3 Å². The van der Waals surface area contributed by atoms with Gasteiger partial charge in [-0.25, -0.2) is 9.78 Å². The maximum absolute atomic E-state index is 14.3. The van der Waals surface area contributed by atoms with Crippen LogP contribution in [0.2, 0.25) is 0 Å². The highest BCUT2D eigenvalue weighted by Gasteiger charge is 2.61. The number of allylic oxidation sites excluding steroid dienone is 3. The first-order valence-corrected chi connectivity index (χ1v) is 13.7. The topological polar surface area (TPSA) is 121 Å². The van der Waals surface area contributed by atoms with E-state index in [2.05, 4.69) is 4.98 Å². The lowest BCUT2D eigenvalue weighted by Gasteiger charge is -2.51. The molecule has 2 atom stereocenters. The van der Waals surface area contributed by atoms with E-state index in [0.717, 1.165) is 11.3 Å². The molecule has 1 aliphatic carbocycles. The van der Waals surface area contributed by atoms with Gasteiger partial charge in [0.05, 0.1) is 13.5 Å². The molecule has 0 radical (unpaired) electrons. The summed E-state index contributed by atoms with van der Waals surface area (Å²) >= 11 is 1.14. The molecule has 0 bridgehead atoms. The molecule has 4 rings (SSSR count). The molecule has 3 N–H and O–H groups in total. The fourth-order valence-corrected chi connectivity index (χ4v) is 5.73. The molecule has 0 spiro atoms. The van der Waals surface area contributed by atoms with Crippen LogP contribution in [0, 0.1) is 5.41 Å². The van der Waals surface area contributed by atoms with Crippen molar-refractivity contribution in [1.82, 2.24) is 4.98 Å². The highest BCUT2D eigenvalue weighted by Crippen LogP contribution is 2.55. The van der Waals surface area contributed by atoms with Crippen LogP contribution in [0.25, 0.3) is 0 Å². The number of carbonyl (C=O) groups excluding carboxylic acids is 2. The van der Waals surface area contributed by atoms with Crippen LogP contribution in [0.1, 0.15) is 53.8 Å². The van der Waals surface area contributed by atoms with Crippen LogP contribution in [0.3, 0.4) is 0 Å². The molecule has 1 heterocycles. The lowest BCUT2D eigenvalue weighted by Crippen LogP contribution is -2.60. The number of carbonyl (C=O) groups is 2. The Hall–Kier alpha value is -3.63. The number of benzene rings is 2. The van der Waals surface area contributed by atoms with Crippen molar-refractivity contribution in [2.24, 2.45) is 11.1 Å². The molecule has 3 aromatic rings. The Kier molecular flexibility index (Phi) is 8.41. The molecule has 8 nitrogen and oxygen atoms in total. The predicted molar refractivity (Wildman–Crippen MR) is 152 cm³/mol. The van der Waals surface area contributed by atoms with Gasteiger partial charge in [-0.2, -0.15) is 0 Å². The summed E-state index contributed by atoms with van der Waals surface area (Å²) in [6.07, 6.45) is 7.20. The maximum Gasteiger partial charge on any atom is 0.357 e. The van der Waals surface area contributed by atoms with Gasteiger partial charge in [-0.05, 0) is 38.3 Å².